The molecule has 2 aromatic carbocycles. The van der Waals surface area contributed by atoms with Crippen molar-refractivity contribution in [1.29, 1.82) is 0 Å². The van der Waals surface area contributed by atoms with E-state index in [0.29, 0.717) is 64.9 Å². The second-order valence-corrected chi connectivity index (χ2v) is 27.7. The summed E-state index contributed by atoms with van der Waals surface area (Å²) in [4.78, 5) is 102. The SMILES string of the molecule is COc1ccc2nc3c(nc2c1)O[C@H]1CN(C(=O)[C@H](C(C)(C)C)NC(=O)O[C@@H]2CC4CC4[C@H]2CCCCC3)[C@H]([C-]=O)[C@@H]1C.COc1ccc2nc3c(nc2c1)O[C@H]1CN(C(=O)[C@H](C(C)(C)C)NC(=O)O[C@]2(C)CCC[C@H]2CCCCC3)[C@H]([C-]=O)[C@@H]1C.[V].[V]. The second-order valence-electron chi connectivity index (χ2n) is 27.7. The number of nitrogens with zero attached hydrogens (tertiary/aromatic N) is 6. The molecule has 2 unspecified atom stereocenters. The summed E-state index contributed by atoms with van der Waals surface area (Å²) in [6, 6.07) is 7.71. The summed E-state index contributed by atoms with van der Waals surface area (Å²) in [6.07, 6.45) is 16.0. The van der Waals surface area contributed by atoms with Crippen LogP contribution in [0.4, 0.5) is 9.59 Å². The van der Waals surface area contributed by atoms with Crippen LogP contribution in [0.5, 0.6) is 23.3 Å². The summed E-state index contributed by atoms with van der Waals surface area (Å²) < 4.78 is 35.9. The molecular formula is C66H88N8O12V2-2. The summed E-state index contributed by atoms with van der Waals surface area (Å²) in [7, 11) is 3.21. The zero-order chi connectivity index (χ0) is 61.4. The Hall–Kier alpha value is -5.69. The first-order valence-electron chi connectivity index (χ1n) is 31.4. The standard InChI is InChI=1S/C33H43N4O6.C33H45N4O6.2V/c1-18-26(17-38)37-16-28(18)42-30-24(34-23-12-11-20(41-5)15-25(23)35-30)10-8-6-7-9-21-22-13-19(22)14-27(21)43-32(40)36-29(31(37)39)33(2,3)4;1-20-26(19-38)37-18-27(20)42-29-24(34-23-15-14-22(41-6)17-25(23)35-29)13-9-7-8-11-21-12-10-16-33(21,5)43-31(40)36-28(30(37)39)32(2,3)4;;/h11-12,15,18-19,21-22,26-29H,6-10,13-14,16H2,1-5H3,(H,36,40);14-15,17,20-21,26-28H,7-13,16,18H2,1-6H3,(H,36,40);;/q2*-1;;/t18-,19?,21+,22?,26+,27+,28-,29+;20-,21+,26+,27-,28+,33+;;/m00../s1. The monoisotopic (exact) mass is 1290 g/mol. The van der Waals surface area contributed by atoms with Crippen LogP contribution in [0.2, 0.25) is 0 Å². The normalized spacial score (nSPS) is 31.2. The van der Waals surface area contributed by atoms with Gasteiger partial charge in [-0.3, -0.25) is 9.59 Å². The van der Waals surface area contributed by atoms with E-state index in [2.05, 4.69) is 23.2 Å². The zero-order valence-corrected chi connectivity index (χ0v) is 55.8. The van der Waals surface area contributed by atoms with Crippen molar-refractivity contribution in [2.24, 2.45) is 46.3 Å². The van der Waals surface area contributed by atoms with Crippen LogP contribution in [0.1, 0.15) is 157 Å². The molecule has 476 valence electrons. The van der Waals surface area contributed by atoms with Gasteiger partial charge in [-0.15, -0.1) is 0 Å². The smallest absolute Gasteiger partial charge is 0.408 e. The van der Waals surface area contributed by atoms with Gasteiger partial charge in [-0.25, -0.2) is 42.1 Å². The number of aromatic nitrogens is 4. The maximum atomic E-state index is 14.1. The average molecular weight is 1290 g/mol. The molecule has 22 heteroatoms. The minimum Gasteiger partial charge on any atom is -0.540 e. The van der Waals surface area contributed by atoms with Gasteiger partial charge >= 0.3 is 12.2 Å². The molecule has 4 amide bonds. The number of fused-ring (bicyclic) bond motifs is 12. The topological polar surface area (TPSA) is 240 Å². The minimum atomic E-state index is -0.910. The summed E-state index contributed by atoms with van der Waals surface area (Å²) >= 11 is 0. The van der Waals surface area contributed by atoms with Gasteiger partial charge in [0.1, 0.15) is 58.9 Å². The maximum absolute atomic E-state index is 14.1. The van der Waals surface area contributed by atoms with Gasteiger partial charge < -0.3 is 58.4 Å². The molecule has 3 saturated carbocycles. The Morgan fingerprint density at radius 3 is 1.53 bits per heavy atom. The predicted molar refractivity (Wildman–Crippen MR) is 321 cm³/mol. The quantitative estimate of drug-likeness (QED) is 0.181. The van der Waals surface area contributed by atoms with Crippen molar-refractivity contribution in [3.63, 3.8) is 0 Å². The number of amides is 4. The van der Waals surface area contributed by atoms with Gasteiger partial charge in [0.15, 0.2) is 0 Å². The molecule has 2 N–H and O–H groups in total. The number of hydrogen-bond acceptors (Lipinski definition) is 16. The number of nitrogens with one attached hydrogen (secondary N) is 2. The van der Waals surface area contributed by atoms with Gasteiger partial charge in [0.05, 0.1) is 49.4 Å². The molecule has 11 rings (SSSR count). The molecule has 20 nitrogen and oxygen atoms in total. The number of alkyl carbamates (subject to hydrolysis) is 2. The molecule has 7 aliphatic rings. The van der Waals surface area contributed by atoms with E-state index in [9.17, 15) is 28.8 Å². The van der Waals surface area contributed by atoms with Crippen LogP contribution < -0.4 is 29.6 Å². The molecule has 4 bridgehead atoms. The van der Waals surface area contributed by atoms with Crippen LogP contribution >= 0.6 is 0 Å². The van der Waals surface area contributed by atoms with Gasteiger partial charge in [-0.05, 0) is 148 Å². The number of methoxy groups -OCH3 is 2. The van der Waals surface area contributed by atoms with Gasteiger partial charge in [0, 0.05) is 49.2 Å². The van der Waals surface area contributed by atoms with Gasteiger partial charge in [-0.1, -0.05) is 93.2 Å². The first kappa shape index (κ1) is 68.2. The number of benzene rings is 2. The van der Waals surface area contributed by atoms with Crippen LogP contribution in [0.25, 0.3) is 22.1 Å². The number of rotatable bonds is 4. The van der Waals surface area contributed by atoms with E-state index >= 15 is 0 Å². The molecule has 2 aromatic heterocycles. The Balaban J connectivity index is 0.000000223. The Kier molecular flexibility index (Phi) is 21.9. The van der Waals surface area contributed by atoms with E-state index in [4.69, 9.17) is 48.4 Å². The van der Waals surface area contributed by atoms with Gasteiger partial charge in [0.25, 0.3) is 0 Å². The van der Waals surface area contributed by atoms with Crippen molar-refractivity contribution >= 4 is 58.6 Å². The maximum Gasteiger partial charge on any atom is 0.408 e. The van der Waals surface area contributed by atoms with E-state index < -0.39 is 65.0 Å². The first-order chi connectivity index (χ1) is 41.0. The summed E-state index contributed by atoms with van der Waals surface area (Å²) in [6.45, 7) is 17.4. The van der Waals surface area contributed by atoms with Crippen molar-refractivity contribution in [2.75, 3.05) is 27.3 Å². The Morgan fingerprint density at radius 2 is 1.06 bits per heavy atom. The third-order valence-corrected chi connectivity index (χ3v) is 19.6. The van der Waals surface area contributed by atoms with E-state index in [0.717, 1.165) is 99.5 Å². The zero-order valence-electron chi connectivity index (χ0n) is 53.0. The van der Waals surface area contributed by atoms with Gasteiger partial charge in [-0.2, -0.15) is 0 Å². The van der Waals surface area contributed by atoms with Crippen LogP contribution in [-0.2, 0) is 78.6 Å². The molecule has 2 saturated heterocycles. The van der Waals surface area contributed by atoms with E-state index in [-0.39, 0.29) is 85.9 Å². The summed E-state index contributed by atoms with van der Waals surface area (Å²) in [5, 5.41) is 5.77. The number of aryl methyl sites for hydroxylation is 2. The molecule has 6 heterocycles. The van der Waals surface area contributed by atoms with Crippen LogP contribution in [0, 0.1) is 46.3 Å². The average Bonchev–Trinajstić information content (AvgIpc) is 2.25. The molecule has 2 radical (unpaired) electrons. The molecule has 5 fully saturated rings. The van der Waals surface area contributed by atoms with Crippen molar-refractivity contribution in [3.8, 4) is 23.3 Å². The number of ether oxygens (including phenoxy) is 6. The van der Waals surface area contributed by atoms with E-state index in [1.807, 2.05) is 98.7 Å². The third-order valence-electron chi connectivity index (χ3n) is 19.6. The van der Waals surface area contributed by atoms with Crippen molar-refractivity contribution < 1.29 is 94.3 Å². The van der Waals surface area contributed by atoms with E-state index in [1.54, 1.807) is 14.2 Å². The Labute approximate surface area is 541 Å². The second kappa shape index (κ2) is 28.2. The third kappa shape index (κ3) is 14.9. The summed E-state index contributed by atoms with van der Waals surface area (Å²) in [5.41, 5.74) is 2.49. The molecule has 4 aromatic rings. The Morgan fingerprint density at radius 1 is 0.580 bits per heavy atom. The molecule has 88 heavy (non-hydrogen) atoms. The summed E-state index contributed by atoms with van der Waals surface area (Å²) in [5.74, 6) is 2.62. The molecule has 0 spiro atoms. The fourth-order valence-corrected chi connectivity index (χ4v) is 14.3. The molecular weight excluding hydrogens is 1200 g/mol. The van der Waals surface area contributed by atoms with Crippen LogP contribution in [0.15, 0.2) is 36.4 Å². The van der Waals surface area contributed by atoms with E-state index in [1.165, 1.54) is 16.2 Å². The van der Waals surface area contributed by atoms with Crippen molar-refractivity contribution in [1.82, 2.24) is 40.4 Å². The number of carbonyl (C=O) groups is 4. The minimum absolute atomic E-state index is 0. The van der Waals surface area contributed by atoms with Crippen molar-refractivity contribution in [2.45, 2.75) is 207 Å². The van der Waals surface area contributed by atoms with Crippen molar-refractivity contribution in [3.05, 3.63) is 47.8 Å². The fourth-order valence-electron chi connectivity index (χ4n) is 14.3. The largest absolute Gasteiger partial charge is 0.540 e. The number of carbonyl (C=O) groups excluding carboxylic acids is 6. The van der Waals surface area contributed by atoms with Gasteiger partial charge in [0.2, 0.25) is 23.6 Å². The Bertz CT molecular complexity index is 3080. The van der Waals surface area contributed by atoms with Crippen LogP contribution in [0.3, 0.4) is 0 Å². The molecule has 4 aliphatic heterocycles. The fraction of sp³-hybridized carbons (Fsp3) is 0.667. The molecule has 3 aliphatic carbocycles. The number of hydrogen-bond donors (Lipinski definition) is 2. The predicted octanol–water partition coefficient (Wildman–Crippen LogP) is 9.78. The van der Waals surface area contributed by atoms with Crippen LogP contribution in [-0.4, -0.2) is 142 Å². The molecule has 14 atom stereocenters. The first-order valence-corrected chi connectivity index (χ1v) is 31.4.